The van der Waals surface area contributed by atoms with Crippen LogP contribution in [0.15, 0.2) is 61.4 Å². The number of aromatic amines is 1. The zero-order chi connectivity index (χ0) is 17.6. The van der Waals surface area contributed by atoms with Gasteiger partial charge in [-0.05, 0) is 42.7 Å². The second-order valence-electron chi connectivity index (χ2n) is 5.82. The molecule has 25 heavy (non-hydrogen) atoms. The van der Waals surface area contributed by atoms with Crippen LogP contribution in [0.1, 0.15) is 12.0 Å². The fourth-order valence-electron chi connectivity index (χ4n) is 3.11. The van der Waals surface area contributed by atoms with Crippen LogP contribution in [-0.2, 0) is 16.4 Å². The number of nitrogens with one attached hydrogen (secondary N) is 1. The third kappa shape index (κ3) is 2.54. The lowest BCUT2D eigenvalue weighted by Crippen LogP contribution is -2.35. The zero-order valence-corrected chi connectivity index (χ0v) is 13.9. The molecule has 8 heteroatoms. The van der Waals surface area contributed by atoms with Crippen LogP contribution in [0.4, 0.5) is 5.69 Å². The van der Waals surface area contributed by atoms with Crippen molar-refractivity contribution in [2.45, 2.75) is 17.7 Å². The molecule has 0 fully saturated rings. The maximum Gasteiger partial charge on any atom is 0.419 e. The zero-order valence-electron chi connectivity index (χ0n) is 13.1. The van der Waals surface area contributed by atoms with E-state index in [1.54, 1.807) is 12.1 Å². The van der Waals surface area contributed by atoms with Crippen molar-refractivity contribution in [3.63, 3.8) is 0 Å². The third-order valence-corrected chi connectivity index (χ3v) is 6.10. The fourth-order valence-corrected chi connectivity index (χ4v) is 4.68. The highest BCUT2D eigenvalue weighted by molar-refractivity contribution is 7.92. The minimum Gasteiger partial charge on any atom is -0.372 e. The van der Waals surface area contributed by atoms with Gasteiger partial charge in [0.1, 0.15) is 0 Å². The molecule has 3 aromatic rings. The number of benzene rings is 2. The number of fused-ring (bicyclic) bond motifs is 2. The Morgan fingerprint density at radius 1 is 1.08 bits per heavy atom. The van der Waals surface area contributed by atoms with Crippen molar-refractivity contribution in [2.24, 2.45) is 0 Å². The van der Waals surface area contributed by atoms with E-state index in [0.29, 0.717) is 12.2 Å². The number of hydrogen-bond donors (Lipinski definition) is 1. The number of aromatic nitrogens is 1. The maximum absolute atomic E-state index is 13.1. The molecule has 1 N–H and O–H groups in total. The van der Waals surface area contributed by atoms with Crippen molar-refractivity contribution >= 4 is 26.6 Å². The van der Waals surface area contributed by atoms with Gasteiger partial charge in [-0.3, -0.25) is 9.29 Å². The molecule has 1 aliphatic heterocycles. The van der Waals surface area contributed by atoms with Gasteiger partial charge in [0.15, 0.2) is 0 Å². The molecule has 2 heterocycles. The van der Waals surface area contributed by atoms with E-state index in [2.05, 4.69) is 9.40 Å². The number of sulfonamides is 1. The van der Waals surface area contributed by atoms with Gasteiger partial charge in [0.05, 0.1) is 21.5 Å². The SMILES string of the molecule is O=c1[nH]c2ccc(S(=O)(=O)N3CCCc4ccccc43)cc2c(=O)o1. The average molecular weight is 358 g/mol. The van der Waals surface area contributed by atoms with Gasteiger partial charge in [-0.25, -0.2) is 18.0 Å². The highest BCUT2D eigenvalue weighted by atomic mass is 32.2. The van der Waals surface area contributed by atoms with Crippen LogP contribution in [0.25, 0.3) is 10.9 Å². The molecule has 0 atom stereocenters. The summed E-state index contributed by atoms with van der Waals surface area (Å²) in [6.45, 7) is 0.373. The van der Waals surface area contributed by atoms with E-state index in [4.69, 9.17) is 0 Å². The van der Waals surface area contributed by atoms with Crippen molar-refractivity contribution in [2.75, 3.05) is 10.8 Å². The standard InChI is InChI=1S/C17H14N2O5S/c20-16-13-10-12(7-8-14(13)18-17(21)24-16)25(22,23)19-9-3-5-11-4-1-2-6-15(11)19/h1-2,4,6-8,10H,3,5,9H2,(H,18,21). The molecule has 1 aliphatic rings. The Bertz CT molecular complexity index is 1190. The minimum absolute atomic E-state index is 0.0175. The summed E-state index contributed by atoms with van der Waals surface area (Å²) >= 11 is 0. The van der Waals surface area contributed by atoms with Gasteiger partial charge >= 0.3 is 11.4 Å². The molecular weight excluding hydrogens is 344 g/mol. The van der Waals surface area contributed by atoms with E-state index in [1.807, 2.05) is 12.1 Å². The Balaban J connectivity index is 1.88. The van der Waals surface area contributed by atoms with Gasteiger partial charge in [-0.15, -0.1) is 0 Å². The molecule has 0 saturated carbocycles. The molecule has 7 nitrogen and oxygen atoms in total. The molecule has 0 aliphatic carbocycles. The lowest BCUT2D eigenvalue weighted by Gasteiger charge is -2.30. The van der Waals surface area contributed by atoms with E-state index in [9.17, 15) is 18.0 Å². The van der Waals surface area contributed by atoms with Crippen LogP contribution in [0.3, 0.4) is 0 Å². The van der Waals surface area contributed by atoms with E-state index in [0.717, 1.165) is 18.4 Å². The highest BCUT2D eigenvalue weighted by Gasteiger charge is 2.29. The van der Waals surface area contributed by atoms with Gasteiger partial charge in [-0.2, -0.15) is 0 Å². The van der Waals surface area contributed by atoms with Crippen LogP contribution < -0.4 is 15.7 Å². The molecule has 128 valence electrons. The Morgan fingerprint density at radius 2 is 1.88 bits per heavy atom. The van der Waals surface area contributed by atoms with Crippen molar-refractivity contribution < 1.29 is 12.8 Å². The Morgan fingerprint density at radius 3 is 2.72 bits per heavy atom. The summed E-state index contributed by atoms with van der Waals surface area (Å²) in [7, 11) is -3.83. The van der Waals surface area contributed by atoms with E-state index >= 15 is 0 Å². The second kappa shape index (κ2) is 5.59. The Hall–Kier alpha value is -2.87. The maximum atomic E-state index is 13.1. The first kappa shape index (κ1) is 15.6. The normalized spacial score (nSPS) is 14.5. The number of H-pyrrole nitrogens is 1. The summed E-state index contributed by atoms with van der Waals surface area (Å²) in [5, 5.41) is 0.0194. The molecule has 4 rings (SSSR count). The number of nitrogens with zero attached hydrogens (tertiary/aromatic N) is 1. The number of para-hydroxylation sites is 1. The van der Waals surface area contributed by atoms with Crippen molar-refractivity contribution in [3.8, 4) is 0 Å². The summed E-state index contributed by atoms with van der Waals surface area (Å²) in [6.07, 6.45) is 1.55. The van der Waals surface area contributed by atoms with Crippen molar-refractivity contribution in [1.82, 2.24) is 4.98 Å². The van der Waals surface area contributed by atoms with Crippen LogP contribution in [0, 0.1) is 0 Å². The molecule has 0 saturated heterocycles. The molecule has 0 spiro atoms. The second-order valence-corrected chi connectivity index (χ2v) is 7.68. The summed E-state index contributed by atoms with van der Waals surface area (Å²) < 4.78 is 32.0. The molecule has 0 amide bonds. The highest BCUT2D eigenvalue weighted by Crippen LogP contribution is 2.32. The van der Waals surface area contributed by atoms with Gasteiger partial charge in [0.25, 0.3) is 10.0 Å². The predicted octanol–water partition coefficient (Wildman–Crippen LogP) is 1.62. The number of rotatable bonds is 2. The summed E-state index contributed by atoms with van der Waals surface area (Å²) in [6, 6.07) is 11.4. The Labute approximate surface area is 142 Å². The minimum atomic E-state index is -3.83. The lowest BCUT2D eigenvalue weighted by molar-refractivity contribution is 0.460. The van der Waals surface area contributed by atoms with Crippen LogP contribution in [0.2, 0.25) is 0 Å². The molecule has 1 aromatic heterocycles. The molecule has 0 unspecified atom stereocenters. The fraction of sp³-hybridized carbons (Fsp3) is 0.176. The van der Waals surface area contributed by atoms with Crippen LogP contribution in [-0.4, -0.2) is 19.9 Å². The average Bonchev–Trinajstić information content (AvgIpc) is 2.60. The largest absolute Gasteiger partial charge is 0.419 e. The first-order chi connectivity index (χ1) is 12.0. The van der Waals surface area contributed by atoms with Crippen LogP contribution >= 0.6 is 0 Å². The number of hydrogen-bond acceptors (Lipinski definition) is 5. The monoisotopic (exact) mass is 358 g/mol. The quantitative estimate of drug-likeness (QED) is 0.750. The predicted molar refractivity (Wildman–Crippen MR) is 92.4 cm³/mol. The number of anilines is 1. The summed E-state index contributed by atoms with van der Waals surface area (Å²) in [5.74, 6) is -0.877. The third-order valence-electron chi connectivity index (χ3n) is 4.29. The smallest absolute Gasteiger partial charge is 0.372 e. The summed E-state index contributed by atoms with van der Waals surface area (Å²) in [4.78, 5) is 25.4. The molecular formula is C17H14N2O5S. The summed E-state index contributed by atoms with van der Waals surface area (Å²) in [5.41, 5.74) is 0.999. The topological polar surface area (TPSA) is 100 Å². The molecule has 2 aromatic carbocycles. The van der Waals surface area contributed by atoms with Gasteiger partial charge in [0, 0.05) is 6.54 Å². The first-order valence-corrected chi connectivity index (χ1v) is 9.19. The molecule has 0 bridgehead atoms. The van der Waals surface area contributed by atoms with E-state index < -0.39 is 21.4 Å². The molecule has 0 radical (unpaired) electrons. The Kier molecular flexibility index (Phi) is 3.50. The van der Waals surface area contributed by atoms with Crippen molar-refractivity contribution in [1.29, 1.82) is 0 Å². The van der Waals surface area contributed by atoms with Crippen molar-refractivity contribution in [3.05, 3.63) is 69.0 Å². The lowest BCUT2D eigenvalue weighted by atomic mass is 10.0. The van der Waals surface area contributed by atoms with E-state index in [1.165, 1.54) is 22.5 Å². The van der Waals surface area contributed by atoms with Gasteiger partial charge in [-0.1, -0.05) is 18.2 Å². The first-order valence-electron chi connectivity index (χ1n) is 7.75. The number of aryl methyl sites for hydroxylation is 1. The van der Waals surface area contributed by atoms with Gasteiger partial charge in [0.2, 0.25) is 0 Å². The van der Waals surface area contributed by atoms with Crippen LogP contribution in [0.5, 0.6) is 0 Å². The van der Waals surface area contributed by atoms with Gasteiger partial charge < -0.3 is 4.42 Å². The van der Waals surface area contributed by atoms with E-state index in [-0.39, 0.29) is 15.8 Å².